The van der Waals surface area contributed by atoms with Gasteiger partial charge in [-0.2, -0.15) is 21.6 Å². The molecule has 1 aliphatic rings. The molecule has 0 aromatic heterocycles. The number of Topliss-reactive ketones (excluding diaryl/α,β-unsaturated/α-hetero) is 1. The molecule has 10 heteroatoms. The van der Waals surface area contributed by atoms with Crippen molar-refractivity contribution in [2.75, 3.05) is 0 Å². The number of hydrogen-bond acceptors (Lipinski definition) is 6. The molecule has 1 heterocycles. The van der Waals surface area contributed by atoms with E-state index in [4.69, 9.17) is 14.7 Å². The normalized spacial score (nSPS) is 17.5. The van der Waals surface area contributed by atoms with Crippen LogP contribution in [-0.2, 0) is 35.8 Å². The van der Waals surface area contributed by atoms with E-state index in [1.807, 2.05) is 0 Å². The Bertz CT molecular complexity index is 1030. The lowest BCUT2D eigenvalue weighted by atomic mass is 9.99. The van der Waals surface area contributed by atoms with Crippen molar-refractivity contribution in [2.24, 2.45) is 5.73 Å². The number of ketones is 1. The van der Waals surface area contributed by atoms with Crippen molar-refractivity contribution in [3.63, 3.8) is 0 Å². The molecule has 0 saturated heterocycles. The molecule has 3 rings (SSSR count). The second-order valence-corrected chi connectivity index (χ2v) is 7.48. The molecule has 148 valence electrons. The first-order valence-electron chi connectivity index (χ1n) is 7.91. The first-order chi connectivity index (χ1) is 13.1. The van der Waals surface area contributed by atoms with E-state index >= 15 is 0 Å². The molecule has 2 aromatic carbocycles. The maximum absolute atomic E-state index is 13.2. The number of nitrogens with two attached hydrogens (primary N) is 1. The average molecular weight is 413 g/mol. The number of carbonyl (C=O) groups excluding carboxylic acids is 1. The number of hydrogen-bond donors (Lipinski definition) is 1. The lowest BCUT2D eigenvalue weighted by Crippen LogP contribution is -2.19. The zero-order valence-corrected chi connectivity index (χ0v) is 15.0. The van der Waals surface area contributed by atoms with Gasteiger partial charge in [0.2, 0.25) is 17.4 Å². The second-order valence-electron chi connectivity index (χ2n) is 5.91. The fourth-order valence-corrected chi connectivity index (χ4v) is 3.76. The number of rotatable bonds is 5. The van der Waals surface area contributed by atoms with Crippen molar-refractivity contribution < 1.29 is 35.3 Å². The van der Waals surface area contributed by atoms with Crippen LogP contribution in [0.1, 0.15) is 22.8 Å². The molecule has 2 N–H and O–H groups in total. The van der Waals surface area contributed by atoms with Gasteiger partial charge in [-0.1, -0.05) is 48.5 Å². The van der Waals surface area contributed by atoms with E-state index in [9.17, 15) is 26.4 Å². The first-order valence-corrected chi connectivity index (χ1v) is 9.49. The maximum atomic E-state index is 13.2. The molecule has 6 nitrogen and oxygen atoms in total. The molecule has 0 spiro atoms. The quantitative estimate of drug-likeness (QED) is 0.757. The van der Waals surface area contributed by atoms with Gasteiger partial charge in [0.15, 0.2) is 6.10 Å². The molecule has 2 aromatic rings. The van der Waals surface area contributed by atoms with E-state index in [-0.39, 0.29) is 0 Å². The predicted octanol–water partition coefficient (Wildman–Crippen LogP) is 3.02. The Morgan fingerprint density at radius 3 is 2.29 bits per heavy atom. The highest BCUT2D eigenvalue weighted by Gasteiger charge is 2.44. The fraction of sp³-hybridized carbons (Fsp3) is 0.167. The standard InChI is InChI=1S/C18H14F3NO5S/c19-18(20,21)13-9-5-4-8-12(13)15-14(23)16(17(22)26-15)27-28(24,25)10-11-6-2-1-3-7-11/h1-9,15H,10,22H2. The Hall–Kier alpha value is -3.01. The minimum absolute atomic E-state index is 0.395. The van der Waals surface area contributed by atoms with Gasteiger partial charge in [-0.15, -0.1) is 0 Å². The number of halogens is 3. The monoisotopic (exact) mass is 413 g/mol. The third-order valence-electron chi connectivity index (χ3n) is 3.88. The third kappa shape index (κ3) is 4.11. The van der Waals surface area contributed by atoms with E-state index < -0.39 is 56.7 Å². The molecule has 0 aliphatic carbocycles. The van der Waals surface area contributed by atoms with E-state index in [0.717, 1.165) is 18.2 Å². The van der Waals surface area contributed by atoms with Crippen LogP contribution in [-0.4, -0.2) is 14.2 Å². The van der Waals surface area contributed by atoms with Crippen LogP contribution in [0, 0.1) is 0 Å². The first kappa shape index (κ1) is 19.7. The second kappa shape index (κ2) is 7.19. The molecule has 1 aliphatic heterocycles. The van der Waals surface area contributed by atoms with Crippen LogP contribution in [0.3, 0.4) is 0 Å². The highest BCUT2D eigenvalue weighted by atomic mass is 32.2. The maximum Gasteiger partial charge on any atom is 0.416 e. The Morgan fingerprint density at radius 2 is 1.64 bits per heavy atom. The zero-order valence-electron chi connectivity index (χ0n) is 14.1. The van der Waals surface area contributed by atoms with Gasteiger partial charge in [-0.3, -0.25) is 4.79 Å². The van der Waals surface area contributed by atoms with Gasteiger partial charge in [0.25, 0.3) is 0 Å². The van der Waals surface area contributed by atoms with Crippen molar-refractivity contribution in [1.29, 1.82) is 0 Å². The van der Waals surface area contributed by atoms with Crippen molar-refractivity contribution in [3.05, 3.63) is 82.9 Å². The van der Waals surface area contributed by atoms with Crippen molar-refractivity contribution in [3.8, 4) is 0 Å². The smallest absolute Gasteiger partial charge is 0.416 e. The van der Waals surface area contributed by atoms with E-state index in [0.29, 0.717) is 5.56 Å². The number of carbonyl (C=O) groups is 1. The Kier molecular flexibility index (Phi) is 5.07. The summed E-state index contributed by atoms with van der Waals surface area (Å²) < 4.78 is 73.8. The number of alkyl halides is 3. The summed E-state index contributed by atoms with van der Waals surface area (Å²) in [6.45, 7) is 0. The molecular formula is C18H14F3NO5S. The SMILES string of the molecule is NC1=C(OS(=O)(=O)Cc2ccccc2)C(=O)C(c2ccccc2C(F)(F)F)O1. The molecule has 1 atom stereocenters. The number of ether oxygens (including phenoxy) is 1. The summed E-state index contributed by atoms with van der Waals surface area (Å²) in [5.74, 6) is -3.19. The summed E-state index contributed by atoms with van der Waals surface area (Å²) in [4.78, 5) is 12.5. The fourth-order valence-electron chi connectivity index (χ4n) is 2.68. The molecular weight excluding hydrogens is 399 g/mol. The van der Waals surface area contributed by atoms with Gasteiger partial charge in [0.05, 0.1) is 5.56 Å². The van der Waals surface area contributed by atoms with E-state index in [1.54, 1.807) is 18.2 Å². The lowest BCUT2D eigenvalue weighted by Gasteiger charge is -2.16. The van der Waals surface area contributed by atoms with Crippen molar-refractivity contribution in [2.45, 2.75) is 18.0 Å². The Balaban J connectivity index is 1.85. The average Bonchev–Trinajstić information content (AvgIpc) is 2.89. The molecule has 0 fully saturated rings. The highest BCUT2D eigenvalue weighted by molar-refractivity contribution is 7.86. The molecule has 28 heavy (non-hydrogen) atoms. The van der Waals surface area contributed by atoms with Gasteiger partial charge in [0, 0.05) is 5.56 Å². The molecule has 0 radical (unpaired) electrons. The van der Waals surface area contributed by atoms with Crippen molar-refractivity contribution in [1.82, 2.24) is 0 Å². The van der Waals surface area contributed by atoms with E-state index in [2.05, 4.69) is 0 Å². The lowest BCUT2D eigenvalue weighted by molar-refractivity contribution is -0.139. The van der Waals surface area contributed by atoms with Crippen LogP contribution in [0.2, 0.25) is 0 Å². The van der Waals surface area contributed by atoms with Crippen LogP contribution in [0.15, 0.2) is 66.2 Å². The third-order valence-corrected chi connectivity index (χ3v) is 4.98. The minimum atomic E-state index is -4.74. The Labute approximate surface area is 158 Å². The molecule has 0 amide bonds. The molecule has 1 unspecified atom stereocenters. The van der Waals surface area contributed by atoms with Crippen LogP contribution in [0.5, 0.6) is 0 Å². The molecule has 0 saturated carbocycles. The minimum Gasteiger partial charge on any atom is -0.460 e. The van der Waals surface area contributed by atoms with Crippen LogP contribution >= 0.6 is 0 Å². The summed E-state index contributed by atoms with van der Waals surface area (Å²) in [6.07, 6.45) is -6.49. The summed E-state index contributed by atoms with van der Waals surface area (Å²) in [5, 5.41) is 0. The van der Waals surface area contributed by atoms with E-state index in [1.165, 1.54) is 18.2 Å². The topological polar surface area (TPSA) is 95.7 Å². The van der Waals surface area contributed by atoms with Gasteiger partial charge >= 0.3 is 16.3 Å². The van der Waals surface area contributed by atoms with Gasteiger partial charge < -0.3 is 14.7 Å². The predicted molar refractivity (Wildman–Crippen MR) is 91.6 cm³/mol. The van der Waals surface area contributed by atoms with Crippen molar-refractivity contribution >= 4 is 15.9 Å². The highest BCUT2D eigenvalue weighted by Crippen LogP contribution is 2.40. The van der Waals surface area contributed by atoms with Gasteiger partial charge in [-0.05, 0) is 11.6 Å². The van der Waals surface area contributed by atoms with Gasteiger partial charge in [0.1, 0.15) is 5.75 Å². The summed E-state index contributed by atoms with van der Waals surface area (Å²) >= 11 is 0. The summed E-state index contributed by atoms with van der Waals surface area (Å²) in [5.41, 5.74) is 4.35. The van der Waals surface area contributed by atoms with Crippen LogP contribution in [0.4, 0.5) is 13.2 Å². The zero-order chi connectivity index (χ0) is 20.5. The molecule has 0 bridgehead atoms. The number of benzene rings is 2. The largest absolute Gasteiger partial charge is 0.460 e. The Morgan fingerprint density at radius 1 is 1.04 bits per heavy atom. The summed E-state index contributed by atoms with van der Waals surface area (Å²) in [6, 6.07) is 12.3. The van der Waals surface area contributed by atoms with Crippen LogP contribution < -0.4 is 5.73 Å². The summed E-state index contributed by atoms with van der Waals surface area (Å²) in [7, 11) is -4.29. The van der Waals surface area contributed by atoms with Crippen LogP contribution in [0.25, 0.3) is 0 Å². The van der Waals surface area contributed by atoms with Gasteiger partial charge in [-0.25, -0.2) is 0 Å².